The van der Waals surface area contributed by atoms with Crippen molar-refractivity contribution in [2.45, 2.75) is 59.7 Å². The maximum absolute atomic E-state index is 8.84. The van der Waals surface area contributed by atoms with Crippen LogP contribution in [0.5, 0.6) is 0 Å². The highest BCUT2D eigenvalue weighted by atomic mass is 16.3. The van der Waals surface area contributed by atoms with Crippen molar-refractivity contribution in [3.63, 3.8) is 0 Å². The lowest BCUT2D eigenvalue weighted by Crippen LogP contribution is -2.41. The molecule has 0 atom stereocenters. The molecule has 0 saturated carbocycles. The molecule has 1 heterocycles. The number of aliphatic hydroxyl groups is 1. The van der Waals surface area contributed by atoms with Gasteiger partial charge in [-0.25, -0.2) is 0 Å². The summed E-state index contributed by atoms with van der Waals surface area (Å²) < 4.78 is 1.77. The van der Waals surface area contributed by atoms with Crippen LogP contribution in [0, 0.1) is 5.41 Å². The molecule has 0 spiro atoms. The lowest BCUT2D eigenvalue weighted by molar-refractivity contribution is 0.240. The summed E-state index contributed by atoms with van der Waals surface area (Å²) in [7, 11) is 0. The zero-order valence-corrected chi connectivity index (χ0v) is 12.3. The van der Waals surface area contributed by atoms with Crippen molar-refractivity contribution in [1.82, 2.24) is 15.1 Å². The van der Waals surface area contributed by atoms with Crippen molar-refractivity contribution in [3.8, 4) is 0 Å². The summed E-state index contributed by atoms with van der Waals surface area (Å²) in [5.41, 5.74) is 1.58. The molecule has 0 saturated heterocycles. The molecule has 0 amide bonds. The van der Waals surface area contributed by atoms with Crippen molar-refractivity contribution in [2.75, 3.05) is 6.61 Å². The Morgan fingerprint density at radius 1 is 1.28 bits per heavy atom. The van der Waals surface area contributed by atoms with Gasteiger partial charge >= 0.3 is 0 Å². The molecular formula is C14H27N3O. The molecule has 4 nitrogen and oxygen atoms in total. The van der Waals surface area contributed by atoms with Gasteiger partial charge in [-0.05, 0) is 25.7 Å². The average molecular weight is 253 g/mol. The molecule has 1 rings (SSSR count). The third kappa shape index (κ3) is 5.65. The molecule has 1 aromatic heterocycles. The van der Waals surface area contributed by atoms with Crippen molar-refractivity contribution in [3.05, 3.63) is 18.0 Å². The minimum absolute atomic E-state index is 0.108. The highest BCUT2D eigenvalue weighted by Crippen LogP contribution is 2.26. The fourth-order valence-electron chi connectivity index (χ4n) is 2.45. The molecular weight excluding hydrogens is 226 g/mol. The van der Waals surface area contributed by atoms with E-state index in [0.717, 1.165) is 18.5 Å². The second-order valence-electron chi connectivity index (χ2n) is 6.81. The van der Waals surface area contributed by atoms with Crippen LogP contribution < -0.4 is 5.32 Å². The number of aliphatic hydroxyl groups excluding tert-OH is 1. The van der Waals surface area contributed by atoms with Gasteiger partial charge in [0.1, 0.15) is 0 Å². The standard InChI is InChI=1S/C14H27N3O/c1-13(2,3)11-14(4,5)15-8-12-9-16-17(10-12)6-7-18/h9-10,15,18H,6-8,11H2,1-5H3. The van der Waals surface area contributed by atoms with Crippen LogP contribution in [0.4, 0.5) is 0 Å². The first-order valence-corrected chi connectivity index (χ1v) is 6.59. The number of nitrogens with one attached hydrogen (secondary N) is 1. The number of hydrogen-bond donors (Lipinski definition) is 2. The predicted molar refractivity (Wildman–Crippen MR) is 74.3 cm³/mol. The van der Waals surface area contributed by atoms with E-state index in [1.165, 1.54) is 0 Å². The van der Waals surface area contributed by atoms with Gasteiger partial charge in [-0.3, -0.25) is 4.68 Å². The van der Waals surface area contributed by atoms with Crippen LogP contribution in [0.15, 0.2) is 12.4 Å². The highest BCUT2D eigenvalue weighted by molar-refractivity contribution is 5.04. The first kappa shape index (κ1) is 15.2. The molecule has 104 valence electrons. The van der Waals surface area contributed by atoms with E-state index >= 15 is 0 Å². The van der Waals surface area contributed by atoms with Crippen LogP contribution in [0.1, 0.15) is 46.6 Å². The van der Waals surface area contributed by atoms with E-state index in [1.54, 1.807) is 4.68 Å². The lowest BCUT2D eigenvalue weighted by Gasteiger charge is -2.33. The quantitative estimate of drug-likeness (QED) is 0.817. The SMILES string of the molecule is CC(C)(C)CC(C)(C)NCc1cnn(CCO)c1. The Labute approximate surface area is 110 Å². The Kier molecular flexibility index (Phi) is 4.93. The fraction of sp³-hybridized carbons (Fsp3) is 0.786. The van der Waals surface area contributed by atoms with Crippen molar-refractivity contribution < 1.29 is 5.11 Å². The van der Waals surface area contributed by atoms with E-state index in [4.69, 9.17) is 5.11 Å². The van der Waals surface area contributed by atoms with E-state index in [9.17, 15) is 0 Å². The molecule has 18 heavy (non-hydrogen) atoms. The van der Waals surface area contributed by atoms with Crippen LogP contribution in [-0.4, -0.2) is 27.0 Å². The summed E-state index contributed by atoms with van der Waals surface area (Å²) in [5.74, 6) is 0. The van der Waals surface area contributed by atoms with Gasteiger partial charge in [0.25, 0.3) is 0 Å². The molecule has 0 aliphatic heterocycles. The zero-order valence-electron chi connectivity index (χ0n) is 12.3. The normalized spacial score (nSPS) is 13.0. The Bertz CT molecular complexity index is 363. The summed E-state index contributed by atoms with van der Waals surface area (Å²) >= 11 is 0. The minimum atomic E-state index is 0.108. The molecule has 1 aromatic rings. The summed E-state index contributed by atoms with van der Waals surface area (Å²) in [4.78, 5) is 0. The largest absolute Gasteiger partial charge is 0.394 e. The van der Waals surface area contributed by atoms with Gasteiger partial charge in [-0.2, -0.15) is 5.10 Å². The maximum atomic E-state index is 8.84. The minimum Gasteiger partial charge on any atom is -0.394 e. The summed E-state index contributed by atoms with van der Waals surface area (Å²) in [5, 5.41) is 16.6. The van der Waals surface area contributed by atoms with Gasteiger partial charge in [0.2, 0.25) is 0 Å². The first-order valence-electron chi connectivity index (χ1n) is 6.59. The summed E-state index contributed by atoms with van der Waals surface area (Å²) in [6.45, 7) is 12.7. The Morgan fingerprint density at radius 3 is 2.50 bits per heavy atom. The molecule has 0 aliphatic rings. The Balaban J connectivity index is 2.48. The van der Waals surface area contributed by atoms with Gasteiger partial charge in [0, 0.05) is 23.8 Å². The van der Waals surface area contributed by atoms with Crippen LogP contribution in [-0.2, 0) is 13.1 Å². The molecule has 0 unspecified atom stereocenters. The summed E-state index contributed by atoms with van der Waals surface area (Å²) in [6.07, 6.45) is 4.96. The zero-order chi connectivity index (χ0) is 13.8. The van der Waals surface area contributed by atoms with Gasteiger partial charge in [0.15, 0.2) is 0 Å². The van der Waals surface area contributed by atoms with E-state index in [0.29, 0.717) is 12.0 Å². The molecule has 4 heteroatoms. The van der Waals surface area contributed by atoms with E-state index in [1.807, 2.05) is 12.4 Å². The van der Waals surface area contributed by atoms with E-state index in [2.05, 4.69) is 45.0 Å². The third-order valence-electron chi connectivity index (χ3n) is 2.76. The van der Waals surface area contributed by atoms with E-state index in [-0.39, 0.29) is 12.1 Å². The Hall–Kier alpha value is -0.870. The molecule has 0 fully saturated rings. The number of rotatable bonds is 6. The fourth-order valence-corrected chi connectivity index (χ4v) is 2.45. The monoisotopic (exact) mass is 253 g/mol. The van der Waals surface area contributed by atoms with Crippen LogP contribution >= 0.6 is 0 Å². The number of hydrogen-bond acceptors (Lipinski definition) is 3. The second kappa shape index (κ2) is 5.85. The van der Waals surface area contributed by atoms with Gasteiger partial charge in [-0.1, -0.05) is 20.8 Å². The molecule has 0 radical (unpaired) electrons. The van der Waals surface area contributed by atoms with Gasteiger partial charge < -0.3 is 10.4 Å². The molecule has 2 N–H and O–H groups in total. The van der Waals surface area contributed by atoms with Crippen LogP contribution in [0.2, 0.25) is 0 Å². The average Bonchev–Trinajstić information content (AvgIpc) is 2.60. The lowest BCUT2D eigenvalue weighted by atomic mass is 9.82. The van der Waals surface area contributed by atoms with Crippen LogP contribution in [0.25, 0.3) is 0 Å². The number of nitrogens with zero attached hydrogens (tertiary/aromatic N) is 2. The van der Waals surface area contributed by atoms with Gasteiger partial charge in [0.05, 0.1) is 19.3 Å². The molecule has 0 aliphatic carbocycles. The van der Waals surface area contributed by atoms with Crippen molar-refractivity contribution in [1.29, 1.82) is 0 Å². The second-order valence-corrected chi connectivity index (χ2v) is 6.81. The molecule has 0 bridgehead atoms. The summed E-state index contributed by atoms with van der Waals surface area (Å²) in [6, 6.07) is 0. The molecule has 0 aromatic carbocycles. The maximum Gasteiger partial charge on any atom is 0.0640 e. The van der Waals surface area contributed by atoms with Crippen molar-refractivity contribution in [2.24, 2.45) is 5.41 Å². The van der Waals surface area contributed by atoms with Crippen LogP contribution in [0.3, 0.4) is 0 Å². The first-order chi connectivity index (χ1) is 8.22. The third-order valence-corrected chi connectivity index (χ3v) is 2.76. The van der Waals surface area contributed by atoms with Crippen molar-refractivity contribution >= 4 is 0 Å². The Morgan fingerprint density at radius 2 is 1.94 bits per heavy atom. The van der Waals surface area contributed by atoms with Gasteiger partial charge in [-0.15, -0.1) is 0 Å². The van der Waals surface area contributed by atoms with E-state index < -0.39 is 0 Å². The highest BCUT2D eigenvalue weighted by Gasteiger charge is 2.24. The topological polar surface area (TPSA) is 50.1 Å². The smallest absolute Gasteiger partial charge is 0.0640 e. The number of aromatic nitrogens is 2. The predicted octanol–water partition coefficient (Wildman–Crippen LogP) is 2.18.